The summed E-state index contributed by atoms with van der Waals surface area (Å²) in [5.74, 6) is 1.87. The van der Waals surface area contributed by atoms with Crippen LogP contribution in [0.4, 0.5) is 0 Å². The van der Waals surface area contributed by atoms with Gasteiger partial charge in [-0.05, 0) is 38.0 Å². The lowest BCUT2D eigenvalue weighted by atomic mass is 10.1. The minimum Gasteiger partial charge on any atom is -0.497 e. The van der Waals surface area contributed by atoms with Gasteiger partial charge in [0.25, 0.3) is 0 Å². The molecule has 0 unspecified atom stereocenters. The first-order valence-electron chi connectivity index (χ1n) is 6.18. The van der Waals surface area contributed by atoms with E-state index in [0.717, 1.165) is 29.9 Å². The van der Waals surface area contributed by atoms with Crippen molar-refractivity contribution in [2.45, 2.75) is 25.8 Å². The number of nitrogens with one attached hydrogen (secondary N) is 1. The molecule has 1 aromatic rings. The van der Waals surface area contributed by atoms with Crippen LogP contribution in [0.15, 0.2) is 18.2 Å². The molecule has 1 aromatic carbocycles. The summed E-state index contributed by atoms with van der Waals surface area (Å²) < 4.78 is 10.5. The van der Waals surface area contributed by atoms with Crippen molar-refractivity contribution in [3.8, 4) is 11.5 Å². The molecule has 4 nitrogen and oxygen atoms in total. The molecule has 0 radical (unpaired) electrons. The highest BCUT2D eigenvalue weighted by Gasteiger charge is 2.30. The van der Waals surface area contributed by atoms with Crippen molar-refractivity contribution in [1.82, 2.24) is 5.32 Å². The zero-order chi connectivity index (χ0) is 13.1. The summed E-state index contributed by atoms with van der Waals surface area (Å²) >= 11 is 0. The first kappa shape index (κ1) is 12.7. The molecule has 4 heteroatoms. The van der Waals surface area contributed by atoms with E-state index in [0.29, 0.717) is 0 Å². The third kappa shape index (κ3) is 2.75. The molecule has 18 heavy (non-hydrogen) atoms. The number of benzene rings is 1. The molecule has 0 spiro atoms. The first-order valence-corrected chi connectivity index (χ1v) is 6.18. The number of rotatable bonds is 5. The predicted octanol–water partition coefficient (Wildman–Crippen LogP) is 2.29. The Morgan fingerprint density at radius 1 is 1.33 bits per heavy atom. The monoisotopic (exact) mass is 249 g/mol. The molecule has 2 rings (SSSR count). The lowest BCUT2D eigenvalue weighted by Gasteiger charge is -2.18. The molecule has 1 aliphatic carbocycles. The van der Waals surface area contributed by atoms with Crippen LogP contribution in [0.2, 0.25) is 0 Å². The molecule has 1 fully saturated rings. The van der Waals surface area contributed by atoms with Gasteiger partial charge in [0.05, 0.1) is 20.3 Å². The average Bonchev–Trinajstić information content (AvgIpc) is 3.22. The van der Waals surface area contributed by atoms with Crippen molar-refractivity contribution < 1.29 is 14.3 Å². The maximum atomic E-state index is 11.8. The summed E-state index contributed by atoms with van der Waals surface area (Å²) in [5, 5.41) is 3.01. The summed E-state index contributed by atoms with van der Waals surface area (Å²) in [4.78, 5) is 11.8. The summed E-state index contributed by atoms with van der Waals surface area (Å²) in [6, 6.07) is 5.52. The maximum absolute atomic E-state index is 11.8. The Labute approximate surface area is 107 Å². The van der Waals surface area contributed by atoms with Crippen LogP contribution >= 0.6 is 0 Å². The smallest absolute Gasteiger partial charge is 0.223 e. The van der Waals surface area contributed by atoms with Crippen molar-refractivity contribution in [2.24, 2.45) is 5.92 Å². The molecule has 0 aliphatic heterocycles. The van der Waals surface area contributed by atoms with E-state index in [-0.39, 0.29) is 17.9 Å². The zero-order valence-corrected chi connectivity index (χ0v) is 11.0. The van der Waals surface area contributed by atoms with E-state index in [1.807, 2.05) is 25.1 Å². The lowest BCUT2D eigenvalue weighted by molar-refractivity contribution is -0.122. The van der Waals surface area contributed by atoms with E-state index < -0.39 is 0 Å². The fourth-order valence-electron chi connectivity index (χ4n) is 1.93. The van der Waals surface area contributed by atoms with E-state index >= 15 is 0 Å². The quantitative estimate of drug-likeness (QED) is 0.871. The summed E-state index contributed by atoms with van der Waals surface area (Å²) in [6.45, 7) is 1.96. The molecule has 0 bridgehead atoms. The summed E-state index contributed by atoms with van der Waals surface area (Å²) in [5.41, 5.74) is 0.936. The molecule has 1 amide bonds. The maximum Gasteiger partial charge on any atom is 0.223 e. The standard InChI is InChI=1S/C14H19NO3/c1-9(15-14(16)10-4-5-10)12-8-11(17-2)6-7-13(12)18-3/h6-10H,4-5H2,1-3H3,(H,15,16)/t9-/m1/s1. The van der Waals surface area contributed by atoms with Gasteiger partial charge in [-0.15, -0.1) is 0 Å². The van der Waals surface area contributed by atoms with Crippen molar-refractivity contribution in [3.05, 3.63) is 23.8 Å². The van der Waals surface area contributed by atoms with Gasteiger partial charge in [-0.3, -0.25) is 4.79 Å². The number of amides is 1. The fourth-order valence-corrected chi connectivity index (χ4v) is 1.93. The second-order valence-electron chi connectivity index (χ2n) is 4.61. The molecule has 0 aromatic heterocycles. The van der Waals surface area contributed by atoms with Gasteiger partial charge in [0.15, 0.2) is 0 Å². The molecular weight excluding hydrogens is 230 g/mol. The van der Waals surface area contributed by atoms with Gasteiger partial charge in [-0.2, -0.15) is 0 Å². The van der Waals surface area contributed by atoms with Crippen LogP contribution < -0.4 is 14.8 Å². The van der Waals surface area contributed by atoms with E-state index in [1.54, 1.807) is 14.2 Å². The fraction of sp³-hybridized carbons (Fsp3) is 0.500. The molecule has 1 saturated carbocycles. The van der Waals surface area contributed by atoms with E-state index in [1.165, 1.54) is 0 Å². The van der Waals surface area contributed by atoms with E-state index in [9.17, 15) is 4.79 Å². The molecule has 1 atom stereocenters. The van der Waals surface area contributed by atoms with Crippen LogP contribution in [0.5, 0.6) is 11.5 Å². The van der Waals surface area contributed by atoms with Gasteiger partial charge in [-0.25, -0.2) is 0 Å². The molecule has 0 heterocycles. The number of carbonyl (C=O) groups excluding carboxylic acids is 1. The van der Waals surface area contributed by atoms with E-state index in [4.69, 9.17) is 9.47 Å². The third-order valence-corrected chi connectivity index (χ3v) is 3.21. The van der Waals surface area contributed by atoms with Gasteiger partial charge < -0.3 is 14.8 Å². The van der Waals surface area contributed by atoms with Crippen LogP contribution in [0.25, 0.3) is 0 Å². The van der Waals surface area contributed by atoms with Gasteiger partial charge in [0, 0.05) is 11.5 Å². The third-order valence-electron chi connectivity index (χ3n) is 3.21. The van der Waals surface area contributed by atoms with Crippen molar-refractivity contribution in [1.29, 1.82) is 0 Å². The minimum atomic E-state index is -0.0804. The molecular formula is C14H19NO3. The van der Waals surface area contributed by atoms with Gasteiger partial charge in [0.1, 0.15) is 11.5 Å². The Hall–Kier alpha value is -1.71. The normalized spacial score (nSPS) is 15.9. The van der Waals surface area contributed by atoms with Gasteiger partial charge in [0.2, 0.25) is 5.91 Å². The highest BCUT2D eigenvalue weighted by Crippen LogP contribution is 2.32. The summed E-state index contributed by atoms with van der Waals surface area (Å²) in [6.07, 6.45) is 2.02. The van der Waals surface area contributed by atoms with Crippen molar-refractivity contribution in [2.75, 3.05) is 14.2 Å². The lowest BCUT2D eigenvalue weighted by Crippen LogP contribution is -2.28. The first-order chi connectivity index (χ1) is 8.65. The minimum absolute atomic E-state index is 0.0804. The predicted molar refractivity (Wildman–Crippen MR) is 68.8 cm³/mol. The SMILES string of the molecule is COc1ccc(OC)c([C@@H](C)NC(=O)C2CC2)c1. The van der Waals surface area contributed by atoms with Crippen LogP contribution in [-0.2, 0) is 4.79 Å². The number of ether oxygens (including phenoxy) is 2. The Morgan fingerprint density at radius 3 is 2.61 bits per heavy atom. The van der Waals surface area contributed by atoms with Crippen molar-refractivity contribution in [3.63, 3.8) is 0 Å². The molecule has 1 aliphatic rings. The Bertz CT molecular complexity index is 441. The molecule has 1 N–H and O–H groups in total. The van der Waals surface area contributed by atoms with Gasteiger partial charge in [-0.1, -0.05) is 0 Å². The number of hydrogen-bond donors (Lipinski definition) is 1. The van der Waals surface area contributed by atoms with Gasteiger partial charge >= 0.3 is 0 Å². The summed E-state index contributed by atoms with van der Waals surface area (Å²) in [7, 11) is 3.25. The highest BCUT2D eigenvalue weighted by molar-refractivity contribution is 5.81. The topological polar surface area (TPSA) is 47.6 Å². The largest absolute Gasteiger partial charge is 0.497 e. The Balaban J connectivity index is 2.15. The Kier molecular flexibility index (Phi) is 3.75. The van der Waals surface area contributed by atoms with Crippen molar-refractivity contribution >= 4 is 5.91 Å². The number of hydrogen-bond acceptors (Lipinski definition) is 3. The van der Waals surface area contributed by atoms with Crippen LogP contribution in [-0.4, -0.2) is 20.1 Å². The second kappa shape index (κ2) is 5.29. The van der Waals surface area contributed by atoms with Crippen LogP contribution in [0.3, 0.4) is 0 Å². The number of methoxy groups -OCH3 is 2. The average molecular weight is 249 g/mol. The second-order valence-corrected chi connectivity index (χ2v) is 4.61. The van der Waals surface area contributed by atoms with Crippen LogP contribution in [0.1, 0.15) is 31.4 Å². The number of carbonyl (C=O) groups is 1. The highest BCUT2D eigenvalue weighted by atomic mass is 16.5. The zero-order valence-electron chi connectivity index (χ0n) is 11.0. The van der Waals surface area contributed by atoms with E-state index in [2.05, 4.69) is 5.32 Å². The Morgan fingerprint density at radius 2 is 2.06 bits per heavy atom. The van der Waals surface area contributed by atoms with Crippen LogP contribution in [0, 0.1) is 5.92 Å². The molecule has 0 saturated heterocycles. The molecule has 98 valence electrons.